The predicted molar refractivity (Wildman–Crippen MR) is 76.2 cm³/mol. The third-order valence-corrected chi connectivity index (χ3v) is 4.00. The molecule has 0 spiro atoms. The van der Waals surface area contributed by atoms with Crippen molar-refractivity contribution in [3.8, 4) is 11.5 Å². The van der Waals surface area contributed by atoms with Crippen molar-refractivity contribution in [2.75, 3.05) is 0 Å². The largest absolute Gasteiger partial charge is 0.508 e. The molecule has 1 heterocycles. The van der Waals surface area contributed by atoms with Crippen molar-refractivity contribution in [3.63, 3.8) is 0 Å². The Balaban J connectivity index is 1.85. The maximum atomic E-state index is 9.83. The summed E-state index contributed by atoms with van der Waals surface area (Å²) in [6.07, 6.45) is 0. The van der Waals surface area contributed by atoms with E-state index < -0.39 is 0 Å². The first-order valence-corrected chi connectivity index (χ1v) is 6.70. The van der Waals surface area contributed by atoms with Crippen molar-refractivity contribution >= 4 is 16.8 Å². The number of benzene rings is 2. The molecule has 2 aromatic carbocycles. The van der Waals surface area contributed by atoms with Crippen LogP contribution in [-0.2, 0) is 0 Å². The highest BCUT2D eigenvalue weighted by molar-refractivity contribution is 8.14. The van der Waals surface area contributed by atoms with Crippen LogP contribution in [0, 0.1) is 0 Å². The molecule has 3 rings (SSSR count). The van der Waals surface area contributed by atoms with E-state index in [0.717, 1.165) is 5.56 Å². The number of phenolic OH excluding ortho intramolecular Hbond substituents is 2. The number of nitrogens with zero attached hydrogens (tertiary/aromatic N) is 1. The maximum absolute atomic E-state index is 9.83. The second kappa shape index (κ2) is 4.85. The lowest BCUT2D eigenvalue weighted by molar-refractivity contribution is 0.464. The van der Waals surface area contributed by atoms with E-state index in [1.54, 1.807) is 24.3 Å². The zero-order chi connectivity index (χ0) is 13.2. The molecule has 0 unspecified atom stereocenters. The van der Waals surface area contributed by atoms with Gasteiger partial charge < -0.3 is 10.2 Å². The summed E-state index contributed by atoms with van der Waals surface area (Å²) in [4.78, 5) is 0. The number of hydrogen-bond donors (Lipinski definition) is 3. The normalized spacial score (nSPS) is 17.9. The number of para-hydroxylation sites is 2. The molecule has 2 aromatic rings. The molecule has 96 valence electrons. The van der Waals surface area contributed by atoms with E-state index >= 15 is 0 Å². The van der Waals surface area contributed by atoms with Crippen LogP contribution in [0.3, 0.4) is 0 Å². The van der Waals surface area contributed by atoms with Gasteiger partial charge in [-0.15, -0.1) is 0 Å². The lowest BCUT2D eigenvalue weighted by atomic mass is 10.2. The predicted octanol–water partition coefficient (Wildman–Crippen LogP) is 2.79. The Morgan fingerprint density at radius 3 is 2.37 bits per heavy atom. The van der Waals surface area contributed by atoms with Crippen LogP contribution in [0.2, 0.25) is 0 Å². The minimum Gasteiger partial charge on any atom is -0.508 e. The van der Waals surface area contributed by atoms with Crippen molar-refractivity contribution in [2.45, 2.75) is 5.37 Å². The average molecular weight is 272 g/mol. The average Bonchev–Trinajstić information content (AvgIpc) is 2.89. The molecule has 19 heavy (non-hydrogen) atoms. The molecular formula is C14H12N2O2S. The molecule has 5 heteroatoms. The Labute approximate surface area is 114 Å². The summed E-state index contributed by atoms with van der Waals surface area (Å²) < 4.78 is 0. The number of hydrazone groups is 1. The van der Waals surface area contributed by atoms with Crippen LogP contribution in [0.1, 0.15) is 16.5 Å². The fourth-order valence-electron chi connectivity index (χ4n) is 1.90. The summed E-state index contributed by atoms with van der Waals surface area (Å²) in [5.74, 6) is 0.440. The zero-order valence-electron chi connectivity index (χ0n) is 9.95. The molecular weight excluding hydrogens is 260 g/mol. The summed E-state index contributed by atoms with van der Waals surface area (Å²) in [6, 6.07) is 14.2. The number of rotatable bonds is 2. The third-order valence-electron chi connectivity index (χ3n) is 2.87. The van der Waals surface area contributed by atoms with Gasteiger partial charge in [-0.1, -0.05) is 42.1 Å². The Kier molecular flexibility index (Phi) is 3.05. The number of nitrogens with one attached hydrogen (secondary N) is 1. The molecule has 3 N–H and O–H groups in total. The molecule has 0 radical (unpaired) electrons. The van der Waals surface area contributed by atoms with Gasteiger partial charge in [0.15, 0.2) is 0 Å². The van der Waals surface area contributed by atoms with Crippen LogP contribution < -0.4 is 5.43 Å². The van der Waals surface area contributed by atoms with Crippen LogP contribution in [0.25, 0.3) is 0 Å². The van der Waals surface area contributed by atoms with E-state index in [4.69, 9.17) is 0 Å². The van der Waals surface area contributed by atoms with Gasteiger partial charge in [0.1, 0.15) is 21.9 Å². The van der Waals surface area contributed by atoms with Gasteiger partial charge in [-0.25, -0.2) is 0 Å². The molecule has 0 bridgehead atoms. The molecule has 0 saturated heterocycles. The standard InChI is InChI=1S/C14H12N2O2S/c17-11-7-3-1-5-9(11)13-15-16-14(19-13)10-6-2-4-8-12(10)18/h1-8,13,15,17-18H/t13-/m0/s1. The summed E-state index contributed by atoms with van der Waals surface area (Å²) in [6.45, 7) is 0. The lowest BCUT2D eigenvalue weighted by Crippen LogP contribution is -2.06. The Morgan fingerprint density at radius 2 is 1.63 bits per heavy atom. The summed E-state index contributed by atoms with van der Waals surface area (Å²) in [7, 11) is 0. The highest BCUT2D eigenvalue weighted by Gasteiger charge is 2.25. The number of hydrogen-bond acceptors (Lipinski definition) is 5. The van der Waals surface area contributed by atoms with Crippen LogP contribution in [-0.4, -0.2) is 15.3 Å². The van der Waals surface area contributed by atoms with E-state index in [0.29, 0.717) is 10.6 Å². The smallest absolute Gasteiger partial charge is 0.129 e. The second-order valence-electron chi connectivity index (χ2n) is 4.12. The summed E-state index contributed by atoms with van der Waals surface area (Å²) >= 11 is 1.46. The van der Waals surface area contributed by atoms with Gasteiger partial charge in [-0.05, 0) is 18.2 Å². The van der Waals surface area contributed by atoms with E-state index in [9.17, 15) is 10.2 Å². The van der Waals surface area contributed by atoms with Crippen molar-refractivity contribution in [1.82, 2.24) is 5.43 Å². The van der Waals surface area contributed by atoms with Crippen molar-refractivity contribution in [2.24, 2.45) is 5.10 Å². The molecule has 0 saturated carbocycles. The van der Waals surface area contributed by atoms with Crippen LogP contribution in [0.5, 0.6) is 11.5 Å². The lowest BCUT2D eigenvalue weighted by Gasteiger charge is -2.11. The summed E-state index contributed by atoms with van der Waals surface area (Å²) in [5, 5.41) is 24.4. The Bertz CT molecular complexity index is 643. The van der Waals surface area contributed by atoms with Crippen LogP contribution in [0.4, 0.5) is 0 Å². The molecule has 0 fully saturated rings. The van der Waals surface area contributed by atoms with Crippen LogP contribution in [0.15, 0.2) is 53.6 Å². The SMILES string of the molecule is Oc1ccccc1C1=NN[C@H](c2ccccc2O)S1. The van der Waals surface area contributed by atoms with Gasteiger partial charge in [-0.2, -0.15) is 5.10 Å². The van der Waals surface area contributed by atoms with E-state index in [-0.39, 0.29) is 16.9 Å². The molecule has 1 aliphatic heterocycles. The minimum atomic E-state index is -0.143. The molecule has 0 aromatic heterocycles. The number of aromatic hydroxyl groups is 2. The van der Waals surface area contributed by atoms with Gasteiger partial charge in [0, 0.05) is 5.56 Å². The monoisotopic (exact) mass is 272 g/mol. The highest BCUT2D eigenvalue weighted by atomic mass is 32.2. The zero-order valence-corrected chi connectivity index (χ0v) is 10.8. The van der Waals surface area contributed by atoms with Gasteiger partial charge in [0.05, 0.1) is 5.56 Å². The van der Waals surface area contributed by atoms with Crippen LogP contribution >= 0.6 is 11.8 Å². The Morgan fingerprint density at radius 1 is 0.947 bits per heavy atom. The van der Waals surface area contributed by atoms with Gasteiger partial charge in [-0.3, -0.25) is 5.43 Å². The highest BCUT2D eigenvalue weighted by Crippen LogP contribution is 2.39. The molecule has 4 nitrogen and oxygen atoms in total. The van der Waals surface area contributed by atoms with Crippen molar-refractivity contribution in [1.29, 1.82) is 0 Å². The second-order valence-corrected chi connectivity index (χ2v) is 5.21. The first kappa shape index (κ1) is 11.9. The first-order chi connectivity index (χ1) is 9.25. The summed E-state index contributed by atoms with van der Waals surface area (Å²) in [5.41, 5.74) is 4.44. The molecule has 0 amide bonds. The van der Waals surface area contributed by atoms with Gasteiger partial charge in [0.25, 0.3) is 0 Å². The fourth-order valence-corrected chi connectivity index (χ4v) is 2.96. The maximum Gasteiger partial charge on any atom is 0.129 e. The van der Waals surface area contributed by atoms with Crippen molar-refractivity contribution in [3.05, 3.63) is 59.7 Å². The number of thioether (sulfide) groups is 1. The third kappa shape index (κ3) is 2.24. The van der Waals surface area contributed by atoms with E-state index in [2.05, 4.69) is 10.5 Å². The molecule has 1 atom stereocenters. The number of phenols is 2. The van der Waals surface area contributed by atoms with E-state index in [1.165, 1.54) is 11.8 Å². The minimum absolute atomic E-state index is 0.143. The van der Waals surface area contributed by atoms with Gasteiger partial charge in [0.2, 0.25) is 0 Å². The fraction of sp³-hybridized carbons (Fsp3) is 0.0714. The van der Waals surface area contributed by atoms with Gasteiger partial charge >= 0.3 is 0 Å². The van der Waals surface area contributed by atoms with E-state index in [1.807, 2.05) is 24.3 Å². The quantitative estimate of drug-likeness (QED) is 0.786. The Hall–Kier alpha value is -2.14. The topological polar surface area (TPSA) is 64.9 Å². The molecule has 0 aliphatic carbocycles. The van der Waals surface area contributed by atoms with Crippen molar-refractivity contribution < 1.29 is 10.2 Å². The molecule has 1 aliphatic rings. The first-order valence-electron chi connectivity index (χ1n) is 5.82.